The van der Waals surface area contributed by atoms with Crippen molar-refractivity contribution in [1.29, 1.82) is 0 Å². The lowest BCUT2D eigenvalue weighted by molar-refractivity contribution is -0.119. The molecule has 9 heteroatoms. The van der Waals surface area contributed by atoms with Gasteiger partial charge in [0.05, 0.1) is 20.2 Å². The number of amides is 1. The zero-order valence-electron chi connectivity index (χ0n) is 20.7. The summed E-state index contributed by atoms with van der Waals surface area (Å²) in [6.07, 6.45) is 0. The van der Waals surface area contributed by atoms with E-state index in [4.69, 9.17) is 10.5 Å². The van der Waals surface area contributed by atoms with Gasteiger partial charge < -0.3 is 15.4 Å². The second kappa shape index (κ2) is 11.5. The highest BCUT2D eigenvalue weighted by Crippen LogP contribution is 2.21. The number of nitrogens with two attached hydrogens (primary N) is 1. The number of para-hydroxylation sites is 1. The molecule has 2 aromatic carbocycles. The Balaban J connectivity index is 1.92. The fraction of sp³-hybridized carbons (Fsp3) is 0.346. The molecule has 0 atom stereocenters. The molecule has 0 spiro atoms. The Hall–Kier alpha value is -3.85. The van der Waals surface area contributed by atoms with Crippen LogP contribution < -0.4 is 26.6 Å². The van der Waals surface area contributed by atoms with Gasteiger partial charge >= 0.3 is 5.69 Å². The van der Waals surface area contributed by atoms with Crippen LogP contribution in [0.4, 0.5) is 11.5 Å². The Labute approximate surface area is 204 Å². The van der Waals surface area contributed by atoms with Gasteiger partial charge in [-0.05, 0) is 24.6 Å². The summed E-state index contributed by atoms with van der Waals surface area (Å²) in [6.45, 7) is 4.86. The molecule has 186 valence electrons. The number of aromatic nitrogens is 2. The molecule has 35 heavy (non-hydrogen) atoms. The number of nitrogen functional groups attached to an aromatic ring is 1. The summed E-state index contributed by atoms with van der Waals surface area (Å²) >= 11 is 0. The summed E-state index contributed by atoms with van der Waals surface area (Å²) in [5, 5.41) is 0. The molecule has 0 aliphatic heterocycles. The number of ether oxygens (including phenoxy) is 1. The molecule has 9 nitrogen and oxygen atoms in total. The minimum Gasteiger partial charge on any atom is -0.496 e. The van der Waals surface area contributed by atoms with Gasteiger partial charge in [0.1, 0.15) is 11.6 Å². The average molecular weight is 480 g/mol. The smallest absolute Gasteiger partial charge is 0.330 e. The van der Waals surface area contributed by atoms with E-state index in [0.717, 1.165) is 16.9 Å². The second-order valence-electron chi connectivity index (χ2n) is 8.95. The van der Waals surface area contributed by atoms with Gasteiger partial charge in [0.15, 0.2) is 5.69 Å². The molecule has 0 saturated carbocycles. The molecule has 3 aromatic rings. The molecule has 0 radical (unpaired) electrons. The number of methoxy groups -OCH3 is 1. The van der Waals surface area contributed by atoms with Gasteiger partial charge in [0.2, 0.25) is 5.91 Å². The Bertz CT molecular complexity index is 1270. The first-order valence-electron chi connectivity index (χ1n) is 11.5. The minimum atomic E-state index is -0.682. The summed E-state index contributed by atoms with van der Waals surface area (Å²) in [5.74, 6) is 0.466. The Morgan fingerprint density at radius 2 is 1.74 bits per heavy atom. The highest BCUT2D eigenvalue weighted by atomic mass is 16.5. The molecule has 0 aliphatic carbocycles. The van der Waals surface area contributed by atoms with E-state index < -0.39 is 11.2 Å². The quantitative estimate of drug-likeness (QED) is 0.461. The topological polar surface area (TPSA) is 114 Å². The third-order valence-electron chi connectivity index (χ3n) is 5.55. The van der Waals surface area contributed by atoms with Crippen LogP contribution in [0, 0.1) is 5.92 Å². The highest BCUT2D eigenvalue weighted by molar-refractivity contribution is 5.96. The summed E-state index contributed by atoms with van der Waals surface area (Å²) < 4.78 is 6.69. The van der Waals surface area contributed by atoms with E-state index in [0.29, 0.717) is 6.54 Å². The average Bonchev–Trinajstić information content (AvgIpc) is 2.81. The van der Waals surface area contributed by atoms with Crippen LogP contribution in [0.25, 0.3) is 0 Å². The van der Waals surface area contributed by atoms with Crippen molar-refractivity contribution in [2.45, 2.75) is 26.9 Å². The third kappa shape index (κ3) is 6.39. The molecule has 0 fully saturated rings. The van der Waals surface area contributed by atoms with E-state index in [-0.39, 0.29) is 43.0 Å². The van der Waals surface area contributed by atoms with Gasteiger partial charge in [-0.1, -0.05) is 62.4 Å². The predicted octanol–water partition coefficient (Wildman–Crippen LogP) is 2.30. The zero-order chi connectivity index (χ0) is 25.5. The number of benzene rings is 2. The summed E-state index contributed by atoms with van der Waals surface area (Å²) in [4.78, 5) is 44.5. The van der Waals surface area contributed by atoms with Crippen LogP contribution in [-0.4, -0.2) is 47.6 Å². The summed E-state index contributed by atoms with van der Waals surface area (Å²) in [5.41, 5.74) is 6.83. The Morgan fingerprint density at radius 1 is 1.09 bits per heavy atom. The molecule has 3 rings (SSSR count). The first kappa shape index (κ1) is 25.8. The number of hydrogen-bond acceptors (Lipinski definition) is 6. The van der Waals surface area contributed by atoms with Gasteiger partial charge in [-0.2, -0.15) is 0 Å². The number of carbonyl (C=O) groups excluding carboxylic acids is 1. The van der Waals surface area contributed by atoms with E-state index in [1.54, 1.807) is 7.11 Å². The SMILES string of the molecule is COc1ccccc1CN(C)CC(=O)N(CC(C)C)c1c(N)n(Cc2ccccc2)c(=O)[nH]c1=O. The van der Waals surface area contributed by atoms with E-state index >= 15 is 0 Å². The molecule has 1 heterocycles. The second-order valence-corrected chi connectivity index (χ2v) is 8.95. The number of nitrogens with one attached hydrogen (secondary N) is 1. The molecule has 3 N–H and O–H groups in total. The van der Waals surface area contributed by atoms with Crippen molar-refractivity contribution in [3.63, 3.8) is 0 Å². The maximum absolute atomic E-state index is 13.5. The van der Waals surface area contributed by atoms with Crippen molar-refractivity contribution < 1.29 is 9.53 Å². The Morgan fingerprint density at radius 3 is 2.40 bits per heavy atom. The normalized spacial score (nSPS) is 11.1. The van der Waals surface area contributed by atoms with Crippen LogP contribution in [0.3, 0.4) is 0 Å². The number of anilines is 2. The first-order chi connectivity index (χ1) is 16.7. The number of hydrogen-bond donors (Lipinski definition) is 2. The van der Waals surface area contributed by atoms with Crippen LogP contribution >= 0.6 is 0 Å². The van der Waals surface area contributed by atoms with Crippen LogP contribution in [0.1, 0.15) is 25.0 Å². The molecule has 0 saturated heterocycles. The van der Waals surface area contributed by atoms with Crippen molar-refractivity contribution in [3.05, 3.63) is 86.6 Å². The van der Waals surface area contributed by atoms with Crippen LogP contribution in [0.2, 0.25) is 0 Å². The number of aromatic amines is 1. The van der Waals surface area contributed by atoms with Crippen molar-refractivity contribution in [3.8, 4) is 5.75 Å². The molecule has 0 bridgehead atoms. The van der Waals surface area contributed by atoms with E-state index in [2.05, 4.69) is 4.98 Å². The van der Waals surface area contributed by atoms with Crippen molar-refractivity contribution in [2.75, 3.05) is 37.9 Å². The standard InChI is InChI=1S/C26H33N5O4/c1-18(2)14-30(22(32)17-29(3)16-20-12-8-9-13-21(20)35-4)23-24(27)31(26(34)28-25(23)33)15-19-10-6-5-7-11-19/h5-13,18H,14-17,27H2,1-4H3,(H,28,33,34). The van der Waals surface area contributed by atoms with Crippen LogP contribution in [0.15, 0.2) is 64.2 Å². The highest BCUT2D eigenvalue weighted by Gasteiger charge is 2.26. The largest absolute Gasteiger partial charge is 0.496 e. The van der Waals surface area contributed by atoms with Crippen LogP contribution in [0.5, 0.6) is 5.75 Å². The van der Waals surface area contributed by atoms with Crippen molar-refractivity contribution >= 4 is 17.4 Å². The number of carbonyl (C=O) groups is 1. The predicted molar refractivity (Wildman–Crippen MR) is 138 cm³/mol. The summed E-state index contributed by atoms with van der Waals surface area (Å²) in [6, 6.07) is 16.9. The van der Waals surface area contributed by atoms with Gasteiger partial charge in [-0.3, -0.25) is 24.0 Å². The summed E-state index contributed by atoms with van der Waals surface area (Å²) in [7, 11) is 3.43. The van der Waals surface area contributed by atoms with Gasteiger partial charge in [-0.25, -0.2) is 4.79 Å². The zero-order valence-corrected chi connectivity index (χ0v) is 20.7. The monoisotopic (exact) mass is 479 g/mol. The maximum atomic E-state index is 13.5. The Kier molecular flexibility index (Phi) is 8.48. The molecule has 1 aromatic heterocycles. The number of nitrogens with zero attached hydrogens (tertiary/aromatic N) is 3. The fourth-order valence-corrected chi connectivity index (χ4v) is 3.94. The minimum absolute atomic E-state index is 0.00933. The third-order valence-corrected chi connectivity index (χ3v) is 5.55. The fourth-order valence-electron chi connectivity index (χ4n) is 3.94. The number of rotatable bonds is 10. The molecule has 0 aliphatic rings. The molecular weight excluding hydrogens is 446 g/mol. The van der Waals surface area contributed by atoms with Gasteiger partial charge in [-0.15, -0.1) is 0 Å². The number of H-pyrrole nitrogens is 1. The first-order valence-corrected chi connectivity index (χ1v) is 11.5. The van der Waals surface area contributed by atoms with E-state index in [1.807, 2.05) is 80.4 Å². The lowest BCUT2D eigenvalue weighted by Crippen LogP contribution is -2.46. The van der Waals surface area contributed by atoms with Gasteiger partial charge in [0, 0.05) is 18.7 Å². The van der Waals surface area contributed by atoms with E-state index in [9.17, 15) is 14.4 Å². The van der Waals surface area contributed by atoms with Crippen molar-refractivity contribution in [1.82, 2.24) is 14.5 Å². The van der Waals surface area contributed by atoms with Crippen LogP contribution in [-0.2, 0) is 17.9 Å². The van der Waals surface area contributed by atoms with Gasteiger partial charge in [0.25, 0.3) is 5.56 Å². The lowest BCUT2D eigenvalue weighted by atomic mass is 10.1. The maximum Gasteiger partial charge on any atom is 0.330 e. The lowest BCUT2D eigenvalue weighted by Gasteiger charge is -2.28. The van der Waals surface area contributed by atoms with Crippen molar-refractivity contribution in [2.24, 2.45) is 5.92 Å². The molecular formula is C26H33N5O4. The van der Waals surface area contributed by atoms with E-state index in [1.165, 1.54) is 9.47 Å². The number of likely N-dealkylation sites (N-methyl/N-ethyl adjacent to an activating group) is 1. The molecule has 0 unspecified atom stereocenters. The molecule has 1 amide bonds.